The fourth-order valence-corrected chi connectivity index (χ4v) is 1.62. The summed E-state index contributed by atoms with van der Waals surface area (Å²) in [7, 11) is 0. The number of unbranched alkanes of at least 4 members (excludes halogenated alkanes) is 4. The maximum atomic E-state index is 3.90. The quantitative estimate of drug-likeness (QED) is 0.355. The molecule has 0 N–H and O–H groups in total. The van der Waals surface area contributed by atoms with Crippen LogP contribution in [0.2, 0.25) is 0 Å². The van der Waals surface area contributed by atoms with Gasteiger partial charge in [0, 0.05) is 0 Å². The molecule has 0 heteroatoms. The second-order valence-corrected chi connectivity index (χ2v) is 3.84. The zero-order valence-electron chi connectivity index (χ0n) is 9.23. The Kier molecular flexibility index (Phi) is 9.63. The lowest BCUT2D eigenvalue weighted by molar-refractivity contribution is 0.485. The standard InChI is InChI=1S/C13H25/c1-4-7-9-11-13(6-3)12-10-8-5-2/h6,13H,1,3-5,7-12H2,2H3. The van der Waals surface area contributed by atoms with Crippen LogP contribution >= 0.6 is 0 Å². The van der Waals surface area contributed by atoms with Crippen molar-refractivity contribution in [3.8, 4) is 0 Å². The predicted octanol–water partition coefficient (Wildman–Crippen LogP) is 4.76. The van der Waals surface area contributed by atoms with Gasteiger partial charge in [-0.1, -0.05) is 58.4 Å². The van der Waals surface area contributed by atoms with Gasteiger partial charge in [0.25, 0.3) is 0 Å². The molecular formula is C13H25. The van der Waals surface area contributed by atoms with Crippen molar-refractivity contribution in [2.45, 2.75) is 58.3 Å². The molecule has 0 nitrogen and oxygen atoms in total. The van der Waals surface area contributed by atoms with E-state index in [0.717, 1.165) is 12.3 Å². The van der Waals surface area contributed by atoms with Crippen molar-refractivity contribution >= 4 is 0 Å². The van der Waals surface area contributed by atoms with Crippen LogP contribution in [0.3, 0.4) is 0 Å². The van der Waals surface area contributed by atoms with Crippen LogP contribution < -0.4 is 0 Å². The van der Waals surface area contributed by atoms with Gasteiger partial charge in [-0.15, -0.1) is 6.58 Å². The Morgan fingerprint density at radius 3 is 2.15 bits per heavy atom. The lowest BCUT2D eigenvalue weighted by atomic mass is 9.95. The van der Waals surface area contributed by atoms with Crippen molar-refractivity contribution in [3.63, 3.8) is 0 Å². The van der Waals surface area contributed by atoms with Gasteiger partial charge < -0.3 is 0 Å². The summed E-state index contributed by atoms with van der Waals surface area (Å²) in [5.41, 5.74) is 0. The van der Waals surface area contributed by atoms with Crippen LogP contribution in [0.1, 0.15) is 58.3 Å². The van der Waals surface area contributed by atoms with Crippen LogP contribution in [-0.4, -0.2) is 0 Å². The largest absolute Gasteiger partial charge is 0.103 e. The molecule has 0 aromatic rings. The van der Waals surface area contributed by atoms with Gasteiger partial charge in [-0.2, -0.15) is 0 Å². The molecule has 0 aromatic heterocycles. The van der Waals surface area contributed by atoms with Crippen LogP contribution in [0.15, 0.2) is 12.7 Å². The molecule has 0 amide bonds. The van der Waals surface area contributed by atoms with Gasteiger partial charge in [-0.05, 0) is 18.8 Å². The van der Waals surface area contributed by atoms with Crippen LogP contribution in [0.5, 0.6) is 0 Å². The van der Waals surface area contributed by atoms with E-state index in [0.29, 0.717) is 0 Å². The molecule has 0 spiro atoms. The number of allylic oxidation sites excluding steroid dienone is 1. The third kappa shape index (κ3) is 8.08. The van der Waals surface area contributed by atoms with Gasteiger partial charge in [-0.25, -0.2) is 0 Å². The van der Waals surface area contributed by atoms with Gasteiger partial charge in [0.1, 0.15) is 0 Å². The minimum atomic E-state index is 0.762. The van der Waals surface area contributed by atoms with Crippen molar-refractivity contribution in [2.24, 2.45) is 5.92 Å². The molecule has 0 aliphatic rings. The highest BCUT2D eigenvalue weighted by molar-refractivity contribution is 4.78. The molecule has 0 fully saturated rings. The van der Waals surface area contributed by atoms with E-state index in [2.05, 4.69) is 26.5 Å². The maximum Gasteiger partial charge on any atom is -0.0236 e. The molecule has 13 heavy (non-hydrogen) atoms. The molecule has 0 aromatic carbocycles. The first kappa shape index (κ1) is 12.7. The zero-order chi connectivity index (χ0) is 9.94. The summed E-state index contributed by atoms with van der Waals surface area (Å²) in [5.74, 6) is 0.762. The minimum absolute atomic E-state index is 0.762. The van der Waals surface area contributed by atoms with E-state index in [9.17, 15) is 0 Å². The third-order valence-corrected chi connectivity index (χ3v) is 2.59. The normalized spacial score (nSPS) is 10.7. The molecule has 0 bridgehead atoms. The average Bonchev–Trinajstić information content (AvgIpc) is 2.16. The molecule has 0 saturated carbocycles. The molecule has 0 heterocycles. The van der Waals surface area contributed by atoms with E-state index in [4.69, 9.17) is 0 Å². The number of rotatable bonds is 9. The van der Waals surface area contributed by atoms with Gasteiger partial charge in [0.2, 0.25) is 0 Å². The second kappa shape index (κ2) is 9.83. The van der Waals surface area contributed by atoms with Crippen molar-refractivity contribution in [3.05, 3.63) is 19.6 Å². The molecule has 1 radical (unpaired) electrons. The SMILES string of the molecule is [CH2]CCCCC(C=C)CCCCC. The monoisotopic (exact) mass is 181 g/mol. The van der Waals surface area contributed by atoms with Crippen molar-refractivity contribution < 1.29 is 0 Å². The first-order valence-electron chi connectivity index (χ1n) is 5.77. The van der Waals surface area contributed by atoms with Gasteiger partial charge in [-0.3, -0.25) is 0 Å². The zero-order valence-corrected chi connectivity index (χ0v) is 9.23. The maximum absolute atomic E-state index is 3.90. The Morgan fingerprint density at radius 2 is 1.69 bits per heavy atom. The highest BCUT2D eigenvalue weighted by Gasteiger charge is 2.02. The lowest BCUT2D eigenvalue weighted by Gasteiger charge is -2.11. The van der Waals surface area contributed by atoms with Crippen molar-refractivity contribution in [2.75, 3.05) is 0 Å². The molecule has 0 saturated heterocycles. The molecule has 0 rings (SSSR count). The molecule has 0 aliphatic carbocycles. The van der Waals surface area contributed by atoms with Gasteiger partial charge in [0.05, 0.1) is 0 Å². The summed E-state index contributed by atoms with van der Waals surface area (Å²) in [4.78, 5) is 0. The summed E-state index contributed by atoms with van der Waals surface area (Å²) >= 11 is 0. The van der Waals surface area contributed by atoms with Gasteiger partial charge >= 0.3 is 0 Å². The smallest absolute Gasteiger partial charge is 0.0236 e. The van der Waals surface area contributed by atoms with Crippen molar-refractivity contribution in [1.82, 2.24) is 0 Å². The first-order valence-corrected chi connectivity index (χ1v) is 5.77. The van der Waals surface area contributed by atoms with Crippen molar-refractivity contribution in [1.29, 1.82) is 0 Å². The molecule has 77 valence electrons. The van der Waals surface area contributed by atoms with E-state index >= 15 is 0 Å². The van der Waals surface area contributed by atoms with E-state index in [1.54, 1.807) is 0 Å². The molecular weight excluding hydrogens is 156 g/mol. The van der Waals surface area contributed by atoms with E-state index in [1.807, 2.05) is 0 Å². The molecule has 0 aliphatic heterocycles. The molecule has 1 atom stereocenters. The number of hydrogen-bond donors (Lipinski definition) is 0. The summed E-state index contributed by atoms with van der Waals surface area (Å²) in [5, 5.41) is 0. The highest BCUT2D eigenvalue weighted by atomic mass is 14.1. The fourth-order valence-electron chi connectivity index (χ4n) is 1.62. The van der Waals surface area contributed by atoms with Crippen LogP contribution in [0, 0.1) is 12.8 Å². The van der Waals surface area contributed by atoms with Crippen LogP contribution in [0.4, 0.5) is 0 Å². The van der Waals surface area contributed by atoms with E-state index < -0.39 is 0 Å². The van der Waals surface area contributed by atoms with Crippen LogP contribution in [-0.2, 0) is 0 Å². The Balaban J connectivity index is 3.34. The summed E-state index contributed by atoms with van der Waals surface area (Å²) in [6.07, 6.45) is 12.6. The van der Waals surface area contributed by atoms with E-state index in [1.165, 1.54) is 44.9 Å². The topological polar surface area (TPSA) is 0 Å². The summed E-state index contributed by atoms with van der Waals surface area (Å²) in [6.45, 7) is 10.0. The highest BCUT2D eigenvalue weighted by Crippen LogP contribution is 2.17. The Bertz CT molecular complexity index is 94.6. The summed E-state index contributed by atoms with van der Waals surface area (Å²) < 4.78 is 0. The minimum Gasteiger partial charge on any atom is -0.103 e. The Hall–Kier alpha value is -0.260. The summed E-state index contributed by atoms with van der Waals surface area (Å²) in [6, 6.07) is 0. The number of hydrogen-bond acceptors (Lipinski definition) is 0. The third-order valence-electron chi connectivity index (χ3n) is 2.59. The fraction of sp³-hybridized carbons (Fsp3) is 0.769. The average molecular weight is 181 g/mol. The first-order chi connectivity index (χ1) is 6.35. The molecule has 1 unspecified atom stereocenters. The second-order valence-electron chi connectivity index (χ2n) is 3.84. The lowest BCUT2D eigenvalue weighted by Crippen LogP contribution is -1.96. The van der Waals surface area contributed by atoms with E-state index in [-0.39, 0.29) is 0 Å². The Labute approximate surface area is 84.4 Å². The Morgan fingerprint density at radius 1 is 1.08 bits per heavy atom. The van der Waals surface area contributed by atoms with Gasteiger partial charge in [0.15, 0.2) is 0 Å². The van der Waals surface area contributed by atoms with Crippen LogP contribution in [0.25, 0.3) is 0 Å². The predicted molar refractivity (Wildman–Crippen MR) is 61.7 cm³/mol.